The third-order valence-electron chi connectivity index (χ3n) is 3.18. The number of nitrogens with zero attached hydrogens (tertiary/aromatic N) is 4. The summed E-state index contributed by atoms with van der Waals surface area (Å²) in [5.41, 5.74) is 2.55. The van der Waals surface area contributed by atoms with Gasteiger partial charge in [-0.25, -0.2) is 4.98 Å². The van der Waals surface area contributed by atoms with Crippen molar-refractivity contribution in [2.45, 2.75) is 48.0 Å². The van der Waals surface area contributed by atoms with Gasteiger partial charge < -0.3 is 5.32 Å². The first kappa shape index (κ1) is 16.3. The summed E-state index contributed by atoms with van der Waals surface area (Å²) < 4.78 is 1.80. The van der Waals surface area contributed by atoms with Crippen molar-refractivity contribution < 1.29 is 0 Å². The Hall–Kier alpha value is -2.09. The second-order valence-electron chi connectivity index (χ2n) is 8.20. The second-order valence-corrected chi connectivity index (χ2v) is 8.20. The van der Waals surface area contributed by atoms with Gasteiger partial charge in [0.2, 0.25) is 0 Å². The minimum Gasteiger partial charge on any atom is -0.369 e. The highest BCUT2D eigenvalue weighted by Gasteiger charge is 2.18. The van der Waals surface area contributed by atoms with Crippen molar-refractivity contribution in [2.24, 2.45) is 10.8 Å². The lowest BCUT2D eigenvalue weighted by Gasteiger charge is -2.20. The normalized spacial score (nSPS) is 12.4. The molecule has 5 heteroatoms. The first-order valence-corrected chi connectivity index (χ1v) is 7.61. The lowest BCUT2D eigenvalue weighted by atomic mass is 9.89. The Morgan fingerprint density at radius 2 is 1.86 bits per heavy atom. The Kier molecular flexibility index (Phi) is 4.15. The fraction of sp³-hybridized carbons (Fsp3) is 0.588. The summed E-state index contributed by atoms with van der Waals surface area (Å²) in [5.74, 6) is 0.816. The minimum atomic E-state index is 0.143. The van der Waals surface area contributed by atoms with Crippen molar-refractivity contribution in [3.63, 3.8) is 0 Å². The van der Waals surface area contributed by atoms with E-state index in [2.05, 4.69) is 63.0 Å². The van der Waals surface area contributed by atoms with Gasteiger partial charge in [0.15, 0.2) is 5.65 Å². The molecule has 2 rings (SSSR count). The van der Waals surface area contributed by atoms with Crippen LogP contribution in [0.25, 0.3) is 5.65 Å². The van der Waals surface area contributed by atoms with Crippen molar-refractivity contribution in [2.75, 3.05) is 11.9 Å². The van der Waals surface area contributed by atoms with Gasteiger partial charge in [-0.3, -0.25) is 0 Å². The number of aromatic nitrogens is 3. The molecule has 0 aliphatic heterocycles. The van der Waals surface area contributed by atoms with Crippen LogP contribution in [0.1, 0.15) is 52.8 Å². The predicted octanol–water partition coefficient (Wildman–Crippen LogP) is 3.65. The van der Waals surface area contributed by atoms with Crippen LogP contribution in [-0.4, -0.2) is 21.1 Å². The van der Waals surface area contributed by atoms with Crippen molar-refractivity contribution in [1.82, 2.24) is 14.6 Å². The molecule has 0 amide bonds. The van der Waals surface area contributed by atoms with Crippen LogP contribution in [-0.2, 0) is 6.42 Å². The zero-order valence-electron chi connectivity index (χ0n) is 14.4. The quantitative estimate of drug-likeness (QED) is 0.939. The molecule has 0 saturated carbocycles. The summed E-state index contributed by atoms with van der Waals surface area (Å²) in [6.45, 7) is 13.8. The van der Waals surface area contributed by atoms with Gasteiger partial charge in [0, 0.05) is 18.2 Å². The van der Waals surface area contributed by atoms with E-state index in [0.717, 1.165) is 30.0 Å². The maximum absolute atomic E-state index is 9.24. The molecule has 0 aliphatic rings. The summed E-state index contributed by atoms with van der Waals surface area (Å²) in [5, 5.41) is 17.1. The molecule has 0 spiro atoms. The van der Waals surface area contributed by atoms with E-state index in [0.29, 0.717) is 5.69 Å². The van der Waals surface area contributed by atoms with Crippen LogP contribution in [0.4, 0.5) is 5.82 Å². The monoisotopic (exact) mass is 299 g/mol. The highest BCUT2D eigenvalue weighted by molar-refractivity contribution is 5.56. The van der Waals surface area contributed by atoms with Crippen molar-refractivity contribution in [3.05, 3.63) is 23.5 Å². The lowest BCUT2D eigenvalue weighted by molar-refractivity contribution is 0.412. The summed E-state index contributed by atoms with van der Waals surface area (Å²) in [7, 11) is 0. The van der Waals surface area contributed by atoms with Crippen LogP contribution >= 0.6 is 0 Å². The van der Waals surface area contributed by atoms with E-state index in [9.17, 15) is 5.26 Å². The fourth-order valence-electron chi connectivity index (χ4n) is 2.24. The average molecular weight is 299 g/mol. The van der Waals surface area contributed by atoms with E-state index >= 15 is 0 Å². The Bertz CT molecular complexity index is 707. The SMILES string of the molecule is CC(C)(C)CNc1cc(C#N)nc2c(CC(C)(C)C)cnn12. The van der Waals surface area contributed by atoms with Crippen LogP contribution in [0.3, 0.4) is 0 Å². The Labute approximate surface area is 132 Å². The predicted molar refractivity (Wildman–Crippen MR) is 88.8 cm³/mol. The number of fused-ring (bicyclic) bond motifs is 1. The smallest absolute Gasteiger partial charge is 0.162 e. The highest BCUT2D eigenvalue weighted by atomic mass is 15.3. The third-order valence-corrected chi connectivity index (χ3v) is 3.18. The molecule has 0 saturated heterocycles. The van der Waals surface area contributed by atoms with E-state index in [1.807, 2.05) is 6.20 Å². The maximum Gasteiger partial charge on any atom is 0.162 e. The largest absolute Gasteiger partial charge is 0.369 e. The molecular weight excluding hydrogens is 274 g/mol. The van der Waals surface area contributed by atoms with E-state index in [1.165, 1.54) is 0 Å². The molecule has 0 atom stereocenters. The number of anilines is 1. The van der Waals surface area contributed by atoms with Crippen LogP contribution in [0, 0.1) is 22.2 Å². The summed E-state index contributed by atoms with van der Waals surface area (Å²) in [4.78, 5) is 4.44. The van der Waals surface area contributed by atoms with E-state index in [-0.39, 0.29) is 10.8 Å². The lowest BCUT2D eigenvalue weighted by Crippen LogP contribution is -2.20. The van der Waals surface area contributed by atoms with Gasteiger partial charge in [0.25, 0.3) is 0 Å². The molecule has 22 heavy (non-hydrogen) atoms. The van der Waals surface area contributed by atoms with Crippen molar-refractivity contribution in [1.29, 1.82) is 5.26 Å². The van der Waals surface area contributed by atoms with Gasteiger partial charge >= 0.3 is 0 Å². The molecule has 1 N–H and O–H groups in total. The Morgan fingerprint density at radius 1 is 1.18 bits per heavy atom. The molecule has 5 nitrogen and oxygen atoms in total. The molecule has 2 aromatic rings. The van der Waals surface area contributed by atoms with Crippen LogP contribution in [0.5, 0.6) is 0 Å². The number of hydrogen-bond donors (Lipinski definition) is 1. The number of nitriles is 1. The number of hydrogen-bond acceptors (Lipinski definition) is 4. The fourth-order valence-corrected chi connectivity index (χ4v) is 2.24. The van der Waals surface area contributed by atoms with E-state index in [1.54, 1.807) is 10.6 Å². The molecule has 0 unspecified atom stereocenters. The van der Waals surface area contributed by atoms with Crippen LogP contribution in [0.15, 0.2) is 12.3 Å². The molecule has 118 valence electrons. The van der Waals surface area contributed by atoms with Gasteiger partial charge in [-0.1, -0.05) is 41.5 Å². The van der Waals surface area contributed by atoms with Gasteiger partial charge in [0.05, 0.1) is 6.20 Å². The maximum atomic E-state index is 9.24. The van der Waals surface area contributed by atoms with Crippen molar-refractivity contribution >= 4 is 11.5 Å². The first-order chi connectivity index (χ1) is 10.1. The van der Waals surface area contributed by atoms with E-state index in [4.69, 9.17) is 0 Å². The topological polar surface area (TPSA) is 66.0 Å². The average Bonchev–Trinajstić information content (AvgIpc) is 2.76. The molecule has 2 heterocycles. The van der Waals surface area contributed by atoms with Gasteiger partial charge in [-0.05, 0) is 17.3 Å². The molecule has 0 aliphatic carbocycles. The second kappa shape index (κ2) is 5.60. The van der Waals surface area contributed by atoms with E-state index < -0.39 is 0 Å². The number of nitrogens with one attached hydrogen (secondary N) is 1. The summed E-state index contributed by atoms with van der Waals surface area (Å²) in [6.07, 6.45) is 2.73. The first-order valence-electron chi connectivity index (χ1n) is 7.61. The third kappa shape index (κ3) is 3.97. The summed E-state index contributed by atoms with van der Waals surface area (Å²) in [6, 6.07) is 3.90. The molecular formula is C17H25N5. The van der Waals surface area contributed by atoms with Crippen molar-refractivity contribution in [3.8, 4) is 6.07 Å². The number of rotatable bonds is 3. The highest BCUT2D eigenvalue weighted by Crippen LogP contribution is 2.25. The van der Waals surface area contributed by atoms with Gasteiger partial charge in [0.1, 0.15) is 17.6 Å². The Balaban J connectivity index is 2.47. The standard InChI is InChI=1S/C17H25N5/c1-16(2,3)8-12-10-20-22-14(19-11-17(4,5)6)7-13(9-18)21-15(12)22/h7,10,19H,8,11H2,1-6H3. The molecule has 0 bridgehead atoms. The van der Waals surface area contributed by atoms with Gasteiger partial charge in [-0.15, -0.1) is 0 Å². The zero-order valence-corrected chi connectivity index (χ0v) is 14.4. The minimum absolute atomic E-state index is 0.143. The van der Waals surface area contributed by atoms with Crippen LogP contribution in [0.2, 0.25) is 0 Å². The molecule has 0 fully saturated rings. The Morgan fingerprint density at radius 3 is 2.41 bits per heavy atom. The van der Waals surface area contributed by atoms with Gasteiger partial charge in [-0.2, -0.15) is 14.9 Å². The molecule has 0 radical (unpaired) electrons. The molecule has 0 aromatic carbocycles. The summed E-state index contributed by atoms with van der Waals surface area (Å²) >= 11 is 0. The zero-order chi connectivity index (χ0) is 16.5. The van der Waals surface area contributed by atoms with Crippen LogP contribution < -0.4 is 5.32 Å². The molecule has 2 aromatic heterocycles.